The average Bonchev–Trinajstić information content (AvgIpc) is 3.06. The van der Waals surface area contributed by atoms with Gasteiger partial charge in [0.05, 0.1) is 0 Å². The molecule has 7 heteroatoms. The minimum Gasteiger partial charge on any atom is -0.480 e. The number of benzene rings is 1. The third-order valence-corrected chi connectivity index (χ3v) is 4.77. The van der Waals surface area contributed by atoms with Gasteiger partial charge in [-0.2, -0.15) is 0 Å². The van der Waals surface area contributed by atoms with Crippen LogP contribution in [0.2, 0.25) is 0 Å². The van der Waals surface area contributed by atoms with Gasteiger partial charge in [0.25, 0.3) is 0 Å². The van der Waals surface area contributed by atoms with E-state index in [0.717, 1.165) is 11.3 Å². The van der Waals surface area contributed by atoms with E-state index in [2.05, 4.69) is 10.6 Å². The molecule has 0 saturated carbocycles. The van der Waals surface area contributed by atoms with E-state index in [1.54, 1.807) is 11.0 Å². The summed E-state index contributed by atoms with van der Waals surface area (Å²) < 4.78 is 0. The lowest BCUT2D eigenvalue weighted by molar-refractivity contribution is -0.156. The van der Waals surface area contributed by atoms with E-state index in [1.165, 1.54) is 0 Å². The van der Waals surface area contributed by atoms with E-state index in [0.29, 0.717) is 25.9 Å². The summed E-state index contributed by atoms with van der Waals surface area (Å²) in [6.45, 7) is 1.51. The van der Waals surface area contributed by atoms with Crippen LogP contribution in [0.25, 0.3) is 0 Å². The zero-order chi connectivity index (χ0) is 17.9. The molecule has 3 amide bonds. The fourth-order valence-corrected chi connectivity index (χ4v) is 3.20. The van der Waals surface area contributed by atoms with E-state index in [-0.39, 0.29) is 19.0 Å². The number of rotatable bonds is 5. The summed E-state index contributed by atoms with van der Waals surface area (Å²) in [5.41, 5.74) is 0.274. The highest BCUT2D eigenvalue weighted by Crippen LogP contribution is 2.33. The maximum Gasteiger partial charge on any atom is 0.321 e. The number of amides is 3. The lowest BCUT2D eigenvalue weighted by Gasteiger charge is -2.29. The Hall–Kier alpha value is -2.83. The Morgan fingerprint density at radius 2 is 2.00 bits per heavy atom. The van der Waals surface area contributed by atoms with E-state index < -0.39 is 17.3 Å². The number of nitrogens with one attached hydrogen (secondary N) is 2. The number of carboxylic acid groups (broad SMARTS) is 1. The summed E-state index contributed by atoms with van der Waals surface area (Å²) in [5, 5.41) is 15.0. The van der Waals surface area contributed by atoms with Crippen LogP contribution in [0.5, 0.6) is 0 Å². The van der Waals surface area contributed by atoms with Crippen molar-refractivity contribution in [1.29, 1.82) is 0 Å². The molecular weight excluding hydrogens is 322 g/mol. The minimum absolute atomic E-state index is 0.116. The Morgan fingerprint density at radius 1 is 1.24 bits per heavy atom. The van der Waals surface area contributed by atoms with Crippen LogP contribution in [0.15, 0.2) is 36.4 Å². The summed E-state index contributed by atoms with van der Waals surface area (Å²) >= 11 is 0. The molecule has 1 fully saturated rings. The van der Waals surface area contributed by atoms with Gasteiger partial charge in [0.2, 0.25) is 5.91 Å². The van der Waals surface area contributed by atoms with Crippen LogP contribution in [0, 0.1) is 5.41 Å². The van der Waals surface area contributed by atoms with Crippen LogP contribution in [-0.2, 0) is 16.1 Å². The lowest BCUT2D eigenvalue weighted by atomic mass is 9.76. The Kier molecular flexibility index (Phi) is 4.74. The second-order valence-corrected chi connectivity index (χ2v) is 6.33. The number of urea groups is 1. The van der Waals surface area contributed by atoms with Gasteiger partial charge in [-0.15, -0.1) is 0 Å². The van der Waals surface area contributed by atoms with Gasteiger partial charge in [-0.25, -0.2) is 4.79 Å². The first-order chi connectivity index (χ1) is 12.0. The van der Waals surface area contributed by atoms with Crippen molar-refractivity contribution < 1.29 is 19.5 Å². The van der Waals surface area contributed by atoms with Crippen molar-refractivity contribution >= 4 is 23.6 Å². The van der Waals surface area contributed by atoms with E-state index in [1.807, 2.05) is 30.3 Å². The van der Waals surface area contributed by atoms with Crippen LogP contribution in [0.3, 0.4) is 0 Å². The molecule has 0 spiro atoms. The second-order valence-electron chi connectivity index (χ2n) is 6.33. The topological polar surface area (TPSA) is 98.7 Å². The predicted octanol–water partition coefficient (Wildman–Crippen LogP) is 1.64. The smallest absolute Gasteiger partial charge is 0.321 e. The molecule has 2 aliphatic rings. The van der Waals surface area contributed by atoms with Crippen molar-refractivity contribution in [3.63, 3.8) is 0 Å². The molecule has 1 aromatic carbocycles. The summed E-state index contributed by atoms with van der Waals surface area (Å²) in [4.78, 5) is 37.4. The molecule has 25 heavy (non-hydrogen) atoms. The van der Waals surface area contributed by atoms with Crippen LogP contribution in [0.4, 0.5) is 10.5 Å². The second kappa shape index (κ2) is 6.96. The first-order valence-corrected chi connectivity index (χ1v) is 8.34. The molecule has 1 atom stereocenters. The van der Waals surface area contributed by atoms with Gasteiger partial charge >= 0.3 is 12.0 Å². The quantitative estimate of drug-likeness (QED) is 0.559. The zero-order valence-corrected chi connectivity index (χ0v) is 13.8. The normalized spacial score (nSPS) is 22.6. The molecule has 1 saturated heterocycles. The predicted molar refractivity (Wildman–Crippen MR) is 92.1 cm³/mol. The van der Waals surface area contributed by atoms with Crippen molar-refractivity contribution in [2.24, 2.45) is 5.41 Å². The molecule has 7 nitrogen and oxygen atoms in total. The highest BCUT2D eigenvalue weighted by molar-refractivity contribution is 6.02. The Bertz CT molecular complexity index is 714. The monoisotopic (exact) mass is 343 g/mol. The molecular formula is C18H21N3O4. The van der Waals surface area contributed by atoms with E-state index in [4.69, 9.17) is 0 Å². The summed E-state index contributed by atoms with van der Waals surface area (Å²) in [5.74, 6) is -1.53. The largest absolute Gasteiger partial charge is 0.480 e. The number of allylic oxidation sites excluding steroid dienone is 2. The highest BCUT2D eigenvalue weighted by atomic mass is 16.4. The SMILES string of the molecule is O=C1NCCN1c1ccc(CNC(=O)C2(C(=O)O)CC=CCC2)cc1. The zero-order valence-electron chi connectivity index (χ0n) is 13.8. The first-order valence-electron chi connectivity index (χ1n) is 8.34. The molecule has 0 radical (unpaired) electrons. The number of aliphatic carboxylic acids is 1. The Morgan fingerprint density at radius 3 is 2.56 bits per heavy atom. The van der Waals surface area contributed by atoms with E-state index >= 15 is 0 Å². The van der Waals surface area contributed by atoms with Crippen LogP contribution >= 0.6 is 0 Å². The molecule has 1 unspecified atom stereocenters. The van der Waals surface area contributed by atoms with Crippen molar-refractivity contribution in [1.82, 2.24) is 10.6 Å². The average molecular weight is 343 g/mol. The maximum atomic E-state index is 12.5. The van der Waals surface area contributed by atoms with Gasteiger partial charge in [-0.05, 0) is 37.0 Å². The molecule has 1 aliphatic heterocycles. The Balaban J connectivity index is 1.63. The number of nitrogens with zero attached hydrogens (tertiary/aromatic N) is 1. The molecule has 1 heterocycles. The van der Waals surface area contributed by atoms with Gasteiger partial charge in [0.15, 0.2) is 0 Å². The van der Waals surface area contributed by atoms with Crippen molar-refractivity contribution in [2.45, 2.75) is 25.8 Å². The number of carboxylic acids is 1. The molecule has 1 aliphatic carbocycles. The first kappa shape index (κ1) is 17.0. The van der Waals surface area contributed by atoms with Gasteiger partial charge in [0.1, 0.15) is 5.41 Å². The standard InChI is InChI=1S/C18H21N3O4/c22-15(18(16(23)24)8-2-1-3-9-18)20-12-13-4-6-14(7-5-13)21-11-10-19-17(21)25/h1-2,4-7H,3,8-12H2,(H,19,25)(H,20,22)(H,23,24). The van der Waals surface area contributed by atoms with Gasteiger partial charge in [-0.3, -0.25) is 14.5 Å². The molecule has 132 valence electrons. The minimum atomic E-state index is -1.37. The van der Waals surface area contributed by atoms with Crippen molar-refractivity contribution in [3.05, 3.63) is 42.0 Å². The third kappa shape index (κ3) is 3.35. The van der Waals surface area contributed by atoms with Crippen LogP contribution in [0.1, 0.15) is 24.8 Å². The van der Waals surface area contributed by atoms with Crippen LogP contribution < -0.4 is 15.5 Å². The molecule has 3 rings (SSSR count). The summed E-state index contributed by atoms with van der Waals surface area (Å²) in [6, 6.07) is 7.19. The number of anilines is 1. The maximum absolute atomic E-state index is 12.5. The molecule has 0 bridgehead atoms. The number of carbonyl (C=O) groups is 3. The van der Waals surface area contributed by atoms with Gasteiger partial charge in [0, 0.05) is 25.3 Å². The number of hydrogen-bond acceptors (Lipinski definition) is 3. The van der Waals surface area contributed by atoms with Crippen molar-refractivity contribution in [2.75, 3.05) is 18.0 Å². The highest BCUT2D eigenvalue weighted by Gasteiger charge is 2.45. The summed E-state index contributed by atoms with van der Waals surface area (Å²) in [7, 11) is 0. The number of hydrogen-bond donors (Lipinski definition) is 3. The fourth-order valence-electron chi connectivity index (χ4n) is 3.20. The molecule has 0 aromatic heterocycles. The van der Waals surface area contributed by atoms with Gasteiger partial charge < -0.3 is 15.7 Å². The molecule has 1 aromatic rings. The van der Waals surface area contributed by atoms with Crippen molar-refractivity contribution in [3.8, 4) is 0 Å². The third-order valence-electron chi connectivity index (χ3n) is 4.77. The fraction of sp³-hybridized carbons (Fsp3) is 0.389. The molecule has 3 N–H and O–H groups in total. The Labute approximate surface area is 145 Å². The number of carbonyl (C=O) groups excluding carboxylic acids is 2. The lowest BCUT2D eigenvalue weighted by Crippen LogP contribution is -2.46. The van der Waals surface area contributed by atoms with E-state index in [9.17, 15) is 19.5 Å². The summed E-state index contributed by atoms with van der Waals surface area (Å²) in [6.07, 6.45) is 4.78. The van der Waals surface area contributed by atoms with Gasteiger partial charge in [-0.1, -0.05) is 24.3 Å². The van der Waals surface area contributed by atoms with Crippen LogP contribution in [-0.4, -0.2) is 36.1 Å².